The first-order valence-corrected chi connectivity index (χ1v) is 5.69. The summed E-state index contributed by atoms with van der Waals surface area (Å²) >= 11 is 1.51. The Bertz CT molecular complexity index is 151. The molecule has 0 aromatic rings. The van der Waals surface area contributed by atoms with Crippen molar-refractivity contribution in [2.45, 2.75) is 38.5 Å². The third kappa shape index (κ3) is 5.93. The Labute approximate surface area is 84.3 Å². The number of thioether (sulfide) groups is 1. The monoisotopic (exact) mass is 205 g/mol. The normalized spacial score (nSPS) is 13.0. The number of hydrogen-bond donors (Lipinski definition) is 2. The summed E-state index contributed by atoms with van der Waals surface area (Å²) in [7, 11) is 0. The van der Waals surface area contributed by atoms with Crippen molar-refractivity contribution in [3.05, 3.63) is 0 Å². The van der Waals surface area contributed by atoms with Crippen molar-refractivity contribution in [1.29, 1.82) is 0 Å². The first kappa shape index (κ1) is 12.8. The van der Waals surface area contributed by atoms with Crippen LogP contribution < -0.4 is 5.32 Å². The Hall–Kier alpha value is -0.220. The average molecular weight is 205 g/mol. The average Bonchev–Trinajstić information content (AvgIpc) is 2.04. The molecule has 0 heterocycles. The minimum atomic E-state index is -0.0189. The molecular formula is C9H19NO2S. The highest BCUT2D eigenvalue weighted by molar-refractivity contribution is 8.00. The van der Waals surface area contributed by atoms with Gasteiger partial charge in [-0.05, 0) is 20.3 Å². The molecule has 0 saturated heterocycles. The van der Waals surface area contributed by atoms with Gasteiger partial charge in [0.15, 0.2) is 0 Å². The zero-order chi connectivity index (χ0) is 10.3. The summed E-state index contributed by atoms with van der Waals surface area (Å²) in [6.45, 7) is 6.01. The van der Waals surface area contributed by atoms with Crippen LogP contribution in [0.15, 0.2) is 0 Å². The molecule has 0 rings (SSSR count). The van der Waals surface area contributed by atoms with Crippen molar-refractivity contribution in [3.8, 4) is 0 Å². The Balaban J connectivity index is 3.84. The van der Waals surface area contributed by atoms with Gasteiger partial charge in [-0.3, -0.25) is 4.79 Å². The number of aliphatic hydroxyl groups is 1. The van der Waals surface area contributed by atoms with Gasteiger partial charge in [-0.25, -0.2) is 0 Å². The molecule has 1 atom stereocenters. The van der Waals surface area contributed by atoms with Gasteiger partial charge in [-0.2, -0.15) is 0 Å². The SMILES string of the molecule is CCC(SCCO)C(=O)NC(C)C. The molecule has 0 fully saturated rings. The first-order chi connectivity index (χ1) is 6.11. The van der Waals surface area contributed by atoms with Crippen molar-refractivity contribution >= 4 is 17.7 Å². The van der Waals surface area contributed by atoms with Gasteiger partial charge in [-0.15, -0.1) is 11.8 Å². The van der Waals surface area contributed by atoms with Gasteiger partial charge in [0.25, 0.3) is 0 Å². The maximum Gasteiger partial charge on any atom is 0.233 e. The zero-order valence-electron chi connectivity index (χ0n) is 8.54. The number of amides is 1. The van der Waals surface area contributed by atoms with Crippen LogP contribution in [0, 0.1) is 0 Å². The molecular weight excluding hydrogens is 186 g/mol. The van der Waals surface area contributed by atoms with Gasteiger partial charge in [0, 0.05) is 11.8 Å². The smallest absolute Gasteiger partial charge is 0.233 e. The molecule has 13 heavy (non-hydrogen) atoms. The molecule has 0 spiro atoms. The quantitative estimate of drug-likeness (QED) is 0.680. The molecule has 0 aromatic carbocycles. The van der Waals surface area contributed by atoms with Crippen molar-refractivity contribution in [3.63, 3.8) is 0 Å². The summed E-state index contributed by atoms with van der Waals surface area (Å²) in [4.78, 5) is 11.5. The molecule has 0 radical (unpaired) electrons. The maximum atomic E-state index is 11.5. The number of hydrogen-bond acceptors (Lipinski definition) is 3. The fraction of sp³-hybridized carbons (Fsp3) is 0.889. The van der Waals surface area contributed by atoms with E-state index >= 15 is 0 Å². The molecule has 0 aliphatic heterocycles. The van der Waals surface area contributed by atoms with Crippen LogP contribution in [0.2, 0.25) is 0 Å². The maximum absolute atomic E-state index is 11.5. The summed E-state index contributed by atoms with van der Waals surface area (Å²) in [6.07, 6.45) is 0.809. The highest BCUT2D eigenvalue weighted by Gasteiger charge is 2.16. The lowest BCUT2D eigenvalue weighted by molar-refractivity contribution is -0.121. The Morgan fingerprint density at radius 2 is 2.15 bits per heavy atom. The number of rotatable bonds is 6. The second-order valence-electron chi connectivity index (χ2n) is 3.15. The van der Waals surface area contributed by atoms with E-state index in [1.165, 1.54) is 11.8 Å². The Kier molecular flexibility index (Phi) is 7.09. The van der Waals surface area contributed by atoms with E-state index < -0.39 is 0 Å². The van der Waals surface area contributed by atoms with Crippen molar-refractivity contribution < 1.29 is 9.90 Å². The molecule has 1 unspecified atom stereocenters. The van der Waals surface area contributed by atoms with Crippen LogP contribution >= 0.6 is 11.8 Å². The highest BCUT2D eigenvalue weighted by Crippen LogP contribution is 2.14. The summed E-state index contributed by atoms with van der Waals surface area (Å²) in [5, 5.41) is 11.5. The van der Waals surface area contributed by atoms with E-state index in [0.717, 1.165) is 6.42 Å². The van der Waals surface area contributed by atoms with E-state index in [4.69, 9.17) is 5.11 Å². The number of aliphatic hydroxyl groups excluding tert-OH is 1. The van der Waals surface area contributed by atoms with E-state index in [1.54, 1.807) is 0 Å². The number of nitrogens with one attached hydrogen (secondary N) is 1. The van der Waals surface area contributed by atoms with Gasteiger partial charge in [0.05, 0.1) is 11.9 Å². The fourth-order valence-corrected chi connectivity index (χ4v) is 1.80. The Morgan fingerprint density at radius 1 is 1.54 bits per heavy atom. The predicted octanol–water partition coefficient (Wildman–Crippen LogP) is 1.02. The lowest BCUT2D eigenvalue weighted by atomic mass is 10.3. The van der Waals surface area contributed by atoms with Crippen molar-refractivity contribution in [2.75, 3.05) is 12.4 Å². The highest BCUT2D eigenvalue weighted by atomic mass is 32.2. The standard InChI is InChI=1S/C9H19NO2S/c1-4-8(13-6-5-11)9(12)10-7(2)3/h7-8,11H,4-6H2,1-3H3,(H,10,12). The summed E-state index contributed by atoms with van der Waals surface area (Å²) in [6, 6.07) is 0.191. The van der Waals surface area contributed by atoms with E-state index in [9.17, 15) is 4.79 Å². The zero-order valence-corrected chi connectivity index (χ0v) is 9.36. The minimum absolute atomic E-state index is 0.0189. The van der Waals surface area contributed by atoms with Gasteiger partial charge in [-0.1, -0.05) is 6.92 Å². The molecule has 2 N–H and O–H groups in total. The third-order valence-corrected chi connectivity index (χ3v) is 2.87. The van der Waals surface area contributed by atoms with E-state index in [-0.39, 0.29) is 23.8 Å². The number of carbonyl (C=O) groups excluding carboxylic acids is 1. The van der Waals surface area contributed by atoms with Gasteiger partial charge >= 0.3 is 0 Å². The van der Waals surface area contributed by atoms with Crippen molar-refractivity contribution in [1.82, 2.24) is 5.32 Å². The largest absolute Gasteiger partial charge is 0.396 e. The van der Waals surface area contributed by atoms with Crippen LogP contribution in [0.25, 0.3) is 0 Å². The van der Waals surface area contributed by atoms with E-state index in [2.05, 4.69) is 5.32 Å². The van der Waals surface area contributed by atoms with Crippen LogP contribution in [0.3, 0.4) is 0 Å². The lowest BCUT2D eigenvalue weighted by Gasteiger charge is -2.15. The van der Waals surface area contributed by atoms with Gasteiger partial charge < -0.3 is 10.4 Å². The number of carbonyl (C=O) groups is 1. The van der Waals surface area contributed by atoms with Gasteiger partial charge in [0.2, 0.25) is 5.91 Å². The lowest BCUT2D eigenvalue weighted by Crippen LogP contribution is -2.37. The minimum Gasteiger partial charge on any atom is -0.396 e. The molecule has 4 heteroatoms. The predicted molar refractivity (Wildman–Crippen MR) is 56.9 cm³/mol. The van der Waals surface area contributed by atoms with Crippen LogP contribution in [0.5, 0.6) is 0 Å². The van der Waals surface area contributed by atoms with Crippen LogP contribution in [-0.2, 0) is 4.79 Å². The summed E-state index contributed by atoms with van der Waals surface area (Å²) < 4.78 is 0. The molecule has 1 amide bonds. The van der Waals surface area contributed by atoms with Crippen molar-refractivity contribution in [2.24, 2.45) is 0 Å². The third-order valence-electron chi connectivity index (χ3n) is 1.50. The van der Waals surface area contributed by atoms with Gasteiger partial charge in [0.1, 0.15) is 0 Å². The molecule has 78 valence electrons. The fourth-order valence-electron chi connectivity index (χ4n) is 0.951. The second-order valence-corrected chi connectivity index (χ2v) is 4.47. The molecule has 0 aliphatic rings. The summed E-state index contributed by atoms with van der Waals surface area (Å²) in [5.41, 5.74) is 0. The second kappa shape index (κ2) is 7.21. The molecule has 0 saturated carbocycles. The van der Waals surface area contributed by atoms with Crippen LogP contribution in [-0.4, -0.2) is 34.7 Å². The van der Waals surface area contributed by atoms with Crippen LogP contribution in [0.1, 0.15) is 27.2 Å². The van der Waals surface area contributed by atoms with E-state index in [0.29, 0.717) is 5.75 Å². The molecule has 3 nitrogen and oxygen atoms in total. The summed E-state index contributed by atoms with van der Waals surface area (Å²) in [5.74, 6) is 0.709. The van der Waals surface area contributed by atoms with E-state index in [1.807, 2.05) is 20.8 Å². The molecule has 0 aromatic heterocycles. The topological polar surface area (TPSA) is 49.3 Å². The molecule has 0 aliphatic carbocycles. The molecule has 0 bridgehead atoms. The Morgan fingerprint density at radius 3 is 2.54 bits per heavy atom. The first-order valence-electron chi connectivity index (χ1n) is 4.64. The van der Waals surface area contributed by atoms with Crippen LogP contribution in [0.4, 0.5) is 0 Å².